The van der Waals surface area contributed by atoms with Gasteiger partial charge in [0.2, 0.25) is 5.78 Å². The number of carbonyl (C=O) groups is 4. The van der Waals surface area contributed by atoms with Crippen LogP contribution in [0.3, 0.4) is 0 Å². The minimum Gasteiger partial charge on any atom is -0.510 e. The summed E-state index contributed by atoms with van der Waals surface area (Å²) < 4.78 is 5.91. The number of anilines is 1. The fourth-order valence-corrected chi connectivity index (χ4v) is 7.04. The van der Waals surface area contributed by atoms with Crippen LogP contribution in [-0.2, 0) is 24.5 Å². The van der Waals surface area contributed by atoms with Crippen molar-refractivity contribution in [2.45, 2.75) is 70.1 Å². The van der Waals surface area contributed by atoms with Gasteiger partial charge in [0.15, 0.2) is 11.4 Å². The first-order valence-corrected chi connectivity index (χ1v) is 14.2. The number of likely N-dealkylation sites (N-methyl/N-ethyl adjacent to an activating group) is 1. The van der Waals surface area contributed by atoms with Gasteiger partial charge in [0.1, 0.15) is 28.9 Å². The van der Waals surface area contributed by atoms with Crippen molar-refractivity contribution < 1.29 is 44.3 Å². The van der Waals surface area contributed by atoms with Crippen LogP contribution >= 0.6 is 0 Å². The Morgan fingerprint density at radius 1 is 1.09 bits per heavy atom. The number of aliphatic hydroxyl groups excluding tert-OH is 2. The topological polar surface area (TPSA) is 191 Å². The molecule has 12 heteroatoms. The molecule has 3 aliphatic rings. The Balaban J connectivity index is 2.18. The standard InChI is InChI=1S/C31H41N3O9/c1-10-15(35)43-26-17-12(2)16-14(33(6)7)11-13(30(3,4)5)23(36)18(16)24(37)19(17)27(39)31(42)21(26)22(34(8)9)25(38)20(28(31)40)29(32)41/h11-12,17,21-22,26,36,38-39,42H,10H2,1-9H3,(H2,32,41)/t12-,17+,21+,22-,26-,31-/m0/s1. The van der Waals surface area contributed by atoms with Crippen molar-refractivity contribution in [3.63, 3.8) is 0 Å². The summed E-state index contributed by atoms with van der Waals surface area (Å²) in [6.45, 7) is 8.88. The second-order valence-electron chi connectivity index (χ2n) is 13.1. The number of rotatable bonds is 5. The molecule has 6 N–H and O–H groups in total. The normalized spacial score (nSPS) is 28.9. The number of hydrogen-bond acceptors (Lipinski definition) is 11. The second kappa shape index (κ2) is 10.4. The molecular formula is C31H41N3O9. The summed E-state index contributed by atoms with van der Waals surface area (Å²) in [6, 6.07) is 0.455. The Morgan fingerprint density at radius 3 is 2.14 bits per heavy atom. The van der Waals surface area contributed by atoms with Gasteiger partial charge in [-0.2, -0.15) is 0 Å². The molecule has 1 aromatic rings. The van der Waals surface area contributed by atoms with Crippen LogP contribution in [0.5, 0.6) is 5.75 Å². The van der Waals surface area contributed by atoms with Crippen LogP contribution < -0.4 is 10.6 Å². The summed E-state index contributed by atoms with van der Waals surface area (Å²) in [5, 5.41) is 46.7. The Morgan fingerprint density at radius 2 is 1.67 bits per heavy atom. The molecule has 0 bridgehead atoms. The first-order chi connectivity index (χ1) is 19.7. The number of ether oxygens (including phenoxy) is 1. The number of esters is 1. The van der Waals surface area contributed by atoms with Gasteiger partial charge in [-0.3, -0.25) is 24.1 Å². The van der Waals surface area contributed by atoms with E-state index in [9.17, 15) is 39.6 Å². The van der Waals surface area contributed by atoms with Crippen molar-refractivity contribution in [1.29, 1.82) is 0 Å². The van der Waals surface area contributed by atoms with Crippen LogP contribution in [0.4, 0.5) is 5.69 Å². The number of aliphatic hydroxyl groups is 3. The number of amides is 1. The van der Waals surface area contributed by atoms with Crippen LogP contribution in [0.2, 0.25) is 0 Å². The molecule has 43 heavy (non-hydrogen) atoms. The summed E-state index contributed by atoms with van der Waals surface area (Å²) in [5.74, 6) is -9.82. The van der Waals surface area contributed by atoms with Gasteiger partial charge in [0.25, 0.3) is 5.91 Å². The third-order valence-corrected chi connectivity index (χ3v) is 9.02. The number of nitrogens with two attached hydrogens (primary N) is 1. The van der Waals surface area contributed by atoms with E-state index < -0.39 is 87.0 Å². The van der Waals surface area contributed by atoms with Gasteiger partial charge in [-0.25, -0.2) is 0 Å². The highest BCUT2D eigenvalue weighted by Gasteiger charge is 2.68. The molecule has 0 aliphatic heterocycles. The highest BCUT2D eigenvalue weighted by Crippen LogP contribution is 2.58. The smallest absolute Gasteiger partial charge is 0.305 e. The van der Waals surface area contributed by atoms with Gasteiger partial charge < -0.3 is 35.8 Å². The first-order valence-electron chi connectivity index (χ1n) is 14.2. The fourth-order valence-electron chi connectivity index (χ4n) is 7.04. The highest BCUT2D eigenvalue weighted by atomic mass is 16.5. The van der Waals surface area contributed by atoms with E-state index in [2.05, 4.69) is 0 Å². The molecule has 6 atom stereocenters. The predicted molar refractivity (Wildman–Crippen MR) is 157 cm³/mol. The monoisotopic (exact) mass is 599 g/mol. The van der Waals surface area contributed by atoms with Crippen molar-refractivity contribution in [1.82, 2.24) is 4.90 Å². The Labute approximate surface area is 250 Å². The molecule has 12 nitrogen and oxygen atoms in total. The van der Waals surface area contributed by atoms with Gasteiger partial charge >= 0.3 is 5.97 Å². The number of phenols is 1. The molecule has 0 saturated carbocycles. The lowest BCUT2D eigenvalue weighted by Gasteiger charge is -2.54. The van der Waals surface area contributed by atoms with Gasteiger partial charge in [-0.15, -0.1) is 0 Å². The zero-order chi connectivity index (χ0) is 32.7. The zero-order valence-electron chi connectivity index (χ0n) is 26.0. The molecule has 0 spiro atoms. The Bertz CT molecular complexity index is 1500. The molecule has 234 valence electrons. The quantitative estimate of drug-likeness (QED) is 0.246. The molecule has 0 aromatic heterocycles. The number of benzene rings is 1. The van der Waals surface area contributed by atoms with E-state index in [-0.39, 0.29) is 17.7 Å². The predicted octanol–water partition coefficient (Wildman–Crippen LogP) is 1.98. The van der Waals surface area contributed by atoms with Gasteiger partial charge in [0, 0.05) is 43.3 Å². The average molecular weight is 600 g/mol. The first kappa shape index (κ1) is 32.0. The number of hydrogen-bond donors (Lipinski definition) is 5. The number of Topliss-reactive ketones (excluding diaryl/α,β-unsaturated/α-hetero) is 2. The lowest BCUT2D eigenvalue weighted by atomic mass is 9.54. The molecule has 0 heterocycles. The van der Waals surface area contributed by atoms with Crippen LogP contribution in [0.25, 0.3) is 0 Å². The maximum atomic E-state index is 14.5. The number of carbonyl (C=O) groups excluding carboxylic acids is 4. The number of phenolic OH excluding ortho intramolecular Hbond substituents is 1. The van der Waals surface area contributed by atoms with E-state index in [1.807, 2.05) is 20.8 Å². The van der Waals surface area contributed by atoms with E-state index >= 15 is 0 Å². The van der Waals surface area contributed by atoms with Gasteiger partial charge in [-0.1, -0.05) is 34.6 Å². The van der Waals surface area contributed by atoms with E-state index in [0.717, 1.165) is 0 Å². The van der Waals surface area contributed by atoms with E-state index in [0.29, 0.717) is 16.8 Å². The van der Waals surface area contributed by atoms with E-state index in [1.54, 1.807) is 38.9 Å². The lowest BCUT2D eigenvalue weighted by Crippen LogP contribution is -2.69. The molecule has 0 unspecified atom stereocenters. The number of primary amides is 1. The summed E-state index contributed by atoms with van der Waals surface area (Å²) in [6.07, 6.45) is -1.53. The molecule has 1 amide bonds. The lowest BCUT2D eigenvalue weighted by molar-refractivity contribution is -0.180. The van der Waals surface area contributed by atoms with Crippen LogP contribution in [0, 0.1) is 11.8 Å². The summed E-state index contributed by atoms with van der Waals surface area (Å²) >= 11 is 0. The summed E-state index contributed by atoms with van der Waals surface area (Å²) in [4.78, 5) is 56.8. The molecule has 3 aliphatic carbocycles. The average Bonchev–Trinajstić information content (AvgIpc) is 2.88. The highest BCUT2D eigenvalue weighted by molar-refractivity contribution is 6.25. The molecule has 4 rings (SSSR count). The third kappa shape index (κ3) is 4.41. The maximum absolute atomic E-state index is 14.5. The largest absolute Gasteiger partial charge is 0.510 e. The van der Waals surface area contributed by atoms with Crippen molar-refractivity contribution in [3.05, 3.63) is 45.4 Å². The molecular weight excluding hydrogens is 558 g/mol. The summed E-state index contributed by atoms with van der Waals surface area (Å²) in [5.41, 5.74) is 1.90. The molecule has 0 saturated heterocycles. The number of fused-ring (bicyclic) bond motifs is 3. The number of aromatic hydroxyl groups is 1. The summed E-state index contributed by atoms with van der Waals surface area (Å²) in [7, 11) is 6.57. The minimum atomic E-state index is -2.98. The van der Waals surface area contributed by atoms with Crippen LogP contribution in [0.15, 0.2) is 28.7 Å². The number of nitrogens with zero attached hydrogens (tertiary/aromatic N) is 2. The van der Waals surface area contributed by atoms with Crippen molar-refractivity contribution in [3.8, 4) is 5.75 Å². The molecule has 1 aromatic carbocycles. The third-order valence-electron chi connectivity index (χ3n) is 9.02. The van der Waals surface area contributed by atoms with Crippen molar-refractivity contribution >= 4 is 29.1 Å². The second-order valence-corrected chi connectivity index (χ2v) is 13.1. The maximum Gasteiger partial charge on any atom is 0.305 e. The van der Waals surface area contributed by atoms with Crippen LogP contribution in [-0.4, -0.2) is 94.7 Å². The van der Waals surface area contributed by atoms with Gasteiger partial charge in [-0.05, 0) is 37.1 Å². The Kier molecular flexibility index (Phi) is 7.73. The Hall–Kier alpha value is -3.90. The van der Waals surface area contributed by atoms with E-state index in [4.69, 9.17) is 10.5 Å². The number of ketones is 2. The SMILES string of the molecule is CCC(=O)O[C@H]1[C@H]2C(=C(O)[C@]3(O)C(=O)C(C(N)=O)=C(O)[C@@H](N(C)C)[C@H]13)C(=O)c1c(O)c(C(C)(C)C)cc(N(C)C)c1[C@@H]2C. The fraction of sp³-hybridized carbons (Fsp3) is 0.548. The minimum absolute atomic E-state index is 0.0913. The molecule has 0 fully saturated rings. The van der Waals surface area contributed by atoms with Crippen molar-refractivity contribution in [2.75, 3.05) is 33.1 Å². The van der Waals surface area contributed by atoms with E-state index in [1.165, 1.54) is 19.0 Å². The van der Waals surface area contributed by atoms with Crippen LogP contribution in [0.1, 0.15) is 68.4 Å². The van der Waals surface area contributed by atoms with Crippen molar-refractivity contribution in [2.24, 2.45) is 17.6 Å². The zero-order valence-corrected chi connectivity index (χ0v) is 26.0. The molecule has 0 radical (unpaired) electrons. The van der Waals surface area contributed by atoms with Gasteiger partial charge in [0.05, 0.1) is 17.5 Å².